The lowest BCUT2D eigenvalue weighted by molar-refractivity contribution is -0.597. The average molecular weight is 652 g/mol. The first-order chi connectivity index (χ1) is 18.1. The molecule has 0 amide bonds. The third-order valence-electron chi connectivity index (χ3n) is 9.18. The van der Waals surface area contributed by atoms with Crippen LogP contribution in [0.3, 0.4) is 0 Å². The molecule has 4 aliphatic carbocycles. The van der Waals surface area contributed by atoms with Crippen molar-refractivity contribution in [1.82, 2.24) is 0 Å². The summed E-state index contributed by atoms with van der Waals surface area (Å²) in [5.41, 5.74) is 0.271. The number of carbonyl (C=O) groups is 1. The highest BCUT2D eigenvalue weighted by atomic mass is 127. The Labute approximate surface area is 242 Å². The highest BCUT2D eigenvalue weighted by Gasteiger charge is 2.58. The molecule has 3 nitrogen and oxygen atoms in total. The van der Waals surface area contributed by atoms with Crippen molar-refractivity contribution in [2.45, 2.75) is 102 Å². The Balaban J connectivity index is 1.19. The lowest BCUT2D eigenvalue weighted by Crippen LogP contribution is -3.61. The summed E-state index contributed by atoms with van der Waals surface area (Å²) in [7, 11) is 0. The first-order valence-corrected chi connectivity index (χ1v) is 16.4. The first-order valence-electron chi connectivity index (χ1n) is 14.2. The molecule has 2 unspecified atom stereocenters. The van der Waals surface area contributed by atoms with Crippen LogP contribution in [0.5, 0.6) is 0 Å². The molecule has 0 spiro atoms. The SMILES string of the molecule is CC(C)(C)c1ccc([I+]c2ccc(C(C)(C)CC(F)(F)C(=O)OCC34CC5CC(CC(O)(C5)C3)C4)cc2)cc1. The molecule has 0 radical (unpaired) electrons. The number of benzene rings is 2. The molecule has 6 rings (SSSR count). The van der Waals surface area contributed by atoms with Crippen LogP contribution in [-0.4, -0.2) is 29.2 Å². The Morgan fingerprint density at radius 1 is 0.897 bits per heavy atom. The van der Waals surface area contributed by atoms with Crippen LogP contribution in [-0.2, 0) is 20.4 Å². The van der Waals surface area contributed by atoms with Crippen LogP contribution in [0.2, 0.25) is 0 Å². The van der Waals surface area contributed by atoms with E-state index in [1.165, 1.54) is 12.7 Å². The molecule has 212 valence electrons. The van der Waals surface area contributed by atoms with Gasteiger partial charge in [0.25, 0.3) is 0 Å². The molecule has 2 aromatic carbocycles. The molecule has 0 saturated heterocycles. The fraction of sp³-hybridized carbons (Fsp3) is 0.606. The van der Waals surface area contributed by atoms with Gasteiger partial charge in [-0.2, -0.15) is 8.78 Å². The zero-order valence-corrected chi connectivity index (χ0v) is 26.0. The third-order valence-corrected chi connectivity index (χ3v) is 11.9. The van der Waals surface area contributed by atoms with Crippen molar-refractivity contribution < 1.29 is 44.6 Å². The van der Waals surface area contributed by atoms with E-state index >= 15 is 8.78 Å². The van der Waals surface area contributed by atoms with Crippen LogP contribution in [0.1, 0.15) is 90.7 Å². The quantitative estimate of drug-likeness (QED) is 0.343. The molecular weight excluding hydrogens is 609 g/mol. The van der Waals surface area contributed by atoms with Gasteiger partial charge in [-0.25, -0.2) is 4.79 Å². The molecule has 4 fully saturated rings. The summed E-state index contributed by atoms with van der Waals surface area (Å²) in [6.45, 7) is 10.1. The molecule has 39 heavy (non-hydrogen) atoms. The maximum Gasteiger partial charge on any atom is 0.377 e. The van der Waals surface area contributed by atoms with Gasteiger partial charge in [0, 0.05) is 11.8 Å². The molecule has 6 heteroatoms. The molecular formula is C33H42F2IO3+. The van der Waals surface area contributed by atoms with Crippen molar-refractivity contribution in [3.05, 3.63) is 66.8 Å². The number of alkyl halides is 2. The number of rotatable bonds is 8. The van der Waals surface area contributed by atoms with E-state index in [2.05, 4.69) is 45.0 Å². The Morgan fingerprint density at radius 2 is 1.41 bits per heavy atom. The molecule has 2 atom stereocenters. The van der Waals surface area contributed by atoms with E-state index in [0.717, 1.165) is 37.7 Å². The van der Waals surface area contributed by atoms with Gasteiger partial charge in [0.1, 0.15) is 0 Å². The van der Waals surface area contributed by atoms with Crippen LogP contribution in [0.4, 0.5) is 8.78 Å². The first kappa shape index (κ1) is 29.0. The predicted molar refractivity (Wildman–Crippen MR) is 145 cm³/mol. The summed E-state index contributed by atoms with van der Waals surface area (Å²) in [6, 6.07) is 16.7. The van der Waals surface area contributed by atoms with Gasteiger partial charge in [-0.15, -0.1) is 0 Å². The normalized spacial score (nSPS) is 28.5. The standard InChI is InChI=1S/C33H42F2IO3/c1-29(2,3)24-6-10-26(11-7-24)36-27-12-8-25(9-13-27)30(4,5)19-33(34,35)28(37)39-21-31-15-22-14-23(16-31)18-32(38,17-22)20-31/h6-13,22-23,38H,14-21H2,1-5H3/q+1. The van der Waals surface area contributed by atoms with Gasteiger partial charge in [0.15, 0.2) is 7.14 Å². The molecule has 0 heterocycles. The summed E-state index contributed by atoms with van der Waals surface area (Å²) in [6.07, 6.45) is 4.39. The molecule has 4 bridgehead atoms. The smallest absolute Gasteiger partial charge is 0.377 e. The van der Waals surface area contributed by atoms with Gasteiger partial charge in [0.2, 0.25) is 0 Å². The molecule has 0 aromatic heterocycles. The van der Waals surface area contributed by atoms with Crippen molar-refractivity contribution in [2.24, 2.45) is 17.3 Å². The van der Waals surface area contributed by atoms with E-state index < -0.39 is 29.3 Å². The Hall–Kier alpha value is -1.54. The number of esters is 1. The van der Waals surface area contributed by atoms with Crippen LogP contribution in [0.15, 0.2) is 48.5 Å². The Bertz CT molecular complexity index is 1180. The number of carbonyl (C=O) groups excluding carboxylic acids is 1. The second kappa shape index (κ2) is 10.1. The average Bonchev–Trinajstić information content (AvgIpc) is 2.80. The van der Waals surface area contributed by atoms with E-state index in [1.54, 1.807) is 13.8 Å². The number of hydrogen-bond donors (Lipinski definition) is 1. The monoisotopic (exact) mass is 651 g/mol. The maximum atomic E-state index is 15.2. The molecule has 0 aliphatic heterocycles. The minimum Gasteiger partial charge on any atom is -0.461 e. The summed E-state index contributed by atoms with van der Waals surface area (Å²) in [5, 5.41) is 10.9. The van der Waals surface area contributed by atoms with Gasteiger partial charge in [0.05, 0.1) is 12.2 Å². The fourth-order valence-corrected chi connectivity index (χ4v) is 9.88. The van der Waals surface area contributed by atoms with Crippen LogP contribution < -0.4 is 21.2 Å². The molecule has 4 saturated carbocycles. The van der Waals surface area contributed by atoms with Crippen LogP contribution in [0, 0.1) is 24.4 Å². The van der Waals surface area contributed by atoms with E-state index in [9.17, 15) is 9.90 Å². The third kappa shape index (κ3) is 6.37. The van der Waals surface area contributed by atoms with Crippen molar-refractivity contribution in [2.75, 3.05) is 6.61 Å². The highest BCUT2D eigenvalue weighted by molar-refractivity contribution is 5.77. The van der Waals surface area contributed by atoms with Gasteiger partial charge in [-0.3, -0.25) is 0 Å². The number of halogens is 3. The van der Waals surface area contributed by atoms with Gasteiger partial charge in [-0.05, 0) is 96.6 Å². The topological polar surface area (TPSA) is 46.5 Å². The summed E-state index contributed by atoms with van der Waals surface area (Å²) in [5.74, 6) is -4.17. The maximum absolute atomic E-state index is 15.2. The lowest BCUT2D eigenvalue weighted by atomic mass is 9.48. The zero-order valence-electron chi connectivity index (χ0n) is 23.8. The van der Waals surface area contributed by atoms with Crippen molar-refractivity contribution in [3.8, 4) is 0 Å². The number of ether oxygens (including phenoxy) is 1. The van der Waals surface area contributed by atoms with Gasteiger partial charge >= 0.3 is 33.1 Å². The summed E-state index contributed by atoms with van der Waals surface area (Å²) < 4.78 is 38.3. The number of hydrogen-bond acceptors (Lipinski definition) is 3. The van der Waals surface area contributed by atoms with Crippen molar-refractivity contribution >= 4 is 5.97 Å². The van der Waals surface area contributed by atoms with E-state index in [0.29, 0.717) is 18.3 Å². The fourth-order valence-electron chi connectivity index (χ4n) is 7.73. The van der Waals surface area contributed by atoms with E-state index in [1.807, 2.05) is 24.3 Å². The largest absolute Gasteiger partial charge is 0.461 e. The molecule has 4 aliphatic rings. The Morgan fingerprint density at radius 3 is 1.90 bits per heavy atom. The second-order valence-corrected chi connectivity index (χ2v) is 17.4. The number of aliphatic hydroxyl groups is 1. The summed E-state index contributed by atoms with van der Waals surface area (Å²) in [4.78, 5) is 12.7. The molecule has 2 aromatic rings. The minimum atomic E-state index is -3.58. The van der Waals surface area contributed by atoms with E-state index in [-0.39, 0.29) is 38.6 Å². The summed E-state index contributed by atoms with van der Waals surface area (Å²) >= 11 is -0.370. The highest BCUT2D eigenvalue weighted by Crippen LogP contribution is 2.61. The van der Waals surface area contributed by atoms with Crippen LogP contribution in [0.25, 0.3) is 0 Å². The molecule has 1 N–H and O–H groups in total. The van der Waals surface area contributed by atoms with Gasteiger partial charge < -0.3 is 9.84 Å². The van der Waals surface area contributed by atoms with Gasteiger partial charge in [-0.1, -0.05) is 58.9 Å². The second-order valence-electron chi connectivity index (χ2n) is 14.4. The van der Waals surface area contributed by atoms with Crippen LogP contribution >= 0.6 is 0 Å². The predicted octanol–water partition coefficient (Wildman–Crippen LogP) is 4.29. The van der Waals surface area contributed by atoms with E-state index in [4.69, 9.17) is 4.74 Å². The Kier molecular flexibility index (Phi) is 7.48. The van der Waals surface area contributed by atoms with Crippen molar-refractivity contribution in [1.29, 1.82) is 0 Å². The van der Waals surface area contributed by atoms with Crippen molar-refractivity contribution in [3.63, 3.8) is 0 Å². The lowest BCUT2D eigenvalue weighted by Gasteiger charge is -2.59. The minimum absolute atomic E-state index is 0.00768. The zero-order chi connectivity index (χ0) is 28.3.